The fraction of sp³-hybridized carbons (Fsp3) is 0. The molecule has 72 valence electrons. The Bertz CT molecular complexity index is 510. The minimum absolute atomic E-state index is 0.154. The average Bonchev–Trinajstić information content (AvgIpc) is 2.15. The number of hydrogen-bond acceptors (Lipinski definition) is 1. The summed E-state index contributed by atoms with van der Waals surface area (Å²) in [7, 11) is 0. The zero-order valence-corrected chi connectivity index (χ0v) is 9.17. The normalized spacial score (nSPS) is 11.9. The molecule has 0 aromatic heterocycles. The molecule has 0 aliphatic carbocycles. The molecule has 0 atom stereocenters. The van der Waals surface area contributed by atoms with Crippen LogP contribution in [0.4, 0.5) is 0 Å². The Kier molecular flexibility index (Phi) is 2.23. The molecule has 0 aliphatic heterocycles. The third kappa shape index (κ3) is 1.62. The molecule has 0 spiro atoms. The molecule has 2 aromatic carbocycles. The van der Waals surface area contributed by atoms with E-state index >= 15 is 0 Å². The van der Waals surface area contributed by atoms with Crippen LogP contribution in [-0.4, -0.2) is 22.4 Å². The molecule has 0 unspecified atom stereocenters. The van der Waals surface area contributed by atoms with E-state index in [9.17, 15) is 3.74 Å². The van der Waals surface area contributed by atoms with Crippen LogP contribution in [0.2, 0.25) is 0 Å². The Balaban J connectivity index is 2.85. The molecule has 2 N–H and O–H groups in total. The van der Waals surface area contributed by atoms with E-state index in [0.29, 0.717) is 5.39 Å². The molecule has 0 heterocycles. The second kappa shape index (κ2) is 3.28. The molecule has 0 radical (unpaired) electrons. The van der Waals surface area contributed by atoms with Gasteiger partial charge in [-0.05, 0) is 0 Å². The van der Waals surface area contributed by atoms with Crippen LogP contribution in [0.1, 0.15) is 0 Å². The van der Waals surface area contributed by atoms with Crippen LogP contribution in [0.25, 0.3) is 10.8 Å². The van der Waals surface area contributed by atoms with Gasteiger partial charge in [0.2, 0.25) is 0 Å². The summed E-state index contributed by atoms with van der Waals surface area (Å²) in [6, 6.07) is 12.2. The van der Waals surface area contributed by atoms with Gasteiger partial charge in [0.15, 0.2) is 0 Å². The monoisotopic (exact) mass is 252 g/mol. The van der Waals surface area contributed by atoms with Crippen LogP contribution in [0.5, 0.6) is 0 Å². The second-order valence-corrected chi connectivity index (χ2v) is 6.34. The zero-order valence-electron chi connectivity index (χ0n) is 7.29. The van der Waals surface area contributed by atoms with Gasteiger partial charge in [-0.2, -0.15) is 0 Å². The summed E-state index contributed by atoms with van der Waals surface area (Å²) in [6.07, 6.45) is 0. The molecule has 3 nitrogen and oxygen atoms in total. The second-order valence-electron chi connectivity index (χ2n) is 3.04. The van der Waals surface area contributed by atoms with Crippen molar-refractivity contribution < 1.29 is 11.9 Å². The van der Waals surface area contributed by atoms with Gasteiger partial charge < -0.3 is 0 Å². The predicted octanol–water partition coefficient (Wildman–Crippen LogP) is 0.401. The van der Waals surface area contributed by atoms with Gasteiger partial charge in [-0.25, -0.2) is 0 Å². The quantitative estimate of drug-likeness (QED) is 0.722. The van der Waals surface area contributed by atoms with Crippen molar-refractivity contribution >= 4 is 29.3 Å². The van der Waals surface area contributed by atoms with E-state index in [1.165, 1.54) is 6.07 Å². The van der Waals surface area contributed by atoms with Gasteiger partial charge in [0, 0.05) is 0 Å². The summed E-state index contributed by atoms with van der Waals surface area (Å²) in [5.41, 5.74) is 0. The van der Waals surface area contributed by atoms with Gasteiger partial charge in [0.05, 0.1) is 0 Å². The van der Waals surface area contributed by atoms with Gasteiger partial charge in [-0.1, -0.05) is 0 Å². The van der Waals surface area contributed by atoms with E-state index in [1.54, 1.807) is 18.2 Å². The summed E-state index contributed by atoms with van der Waals surface area (Å²) in [6.45, 7) is 0. The molecule has 4 heteroatoms. The van der Waals surface area contributed by atoms with Crippen molar-refractivity contribution in [3.8, 4) is 0 Å². The summed E-state index contributed by atoms with van der Waals surface area (Å²) >= 11 is -4.79. The van der Waals surface area contributed by atoms with Crippen LogP contribution >= 0.6 is 0 Å². The Labute approximate surface area is 84.0 Å². The Hall–Kier alpha value is -1.02. The van der Waals surface area contributed by atoms with E-state index < -0.39 is 14.2 Å². The first kappa shape index (κ1) is 9.53. The van der Waals surface area contributed by atoms with E-state index in [4.69, 9.17) is 8.19 Å². The molecular formula is C10H9AsO3. The van der Waals surface area contributed by atoms with Crippen LogP contribution in [0.3, 0.4) is 0 Å². The van der Waals surface area contributed by atoms with E-state index in [2.05, 4.69) is 0 Å². The molecule has 14 heavy (non-hydrogen) atoms. The Morgan fingerprint density at radius 1 is 0.929 bits per heavy atom. The van der Waals surface area contributed by atoms with Crippen LogP contribution < -0.4 is 4.35 Å². The zero-order chi connectivity index (χ0) is 10.2. The first-order valence-electron chi connectivity index (χ1n) is 4.13. The molecular weight excluding hydrogens is 243 g/mol. The molecule has 0 bridgehead atoms. The van der Waals surface area contributed by atoms with Gasteiger partial charge in [-0.15, -0.1) is 0 Å². The summed E-state index contributed by atoms with van der Waals surface area (Å²) in [5, 5.41) is 1.50. The molecule has 0 aliphatic rings. The van der Waals surface area contributed by atoms with Gasteiger partial charge in [-0.3, -0.25) is 0 Å². The first-order chi connectivity index (χ1) is 6.59. The maximum atomic E-state index is 11.2. The minimum atomic E-state index is -4.79. The third-order valence-corrected chi connectivity index (χ3v) is 4.22. The Morgan fingerprint density at radius 3 is 2.29 bits per heavy atom. The Morgan fingerprint density at radius 2 is 1.57 bits per heavy atom. The van der Waals surface area contributed by atoms with Crippen molar-refractivity contribution in [1.82, 2.24) is 0 Å². The molecule has 0 saturated carbocycles. The van der Waals surface area contributed by atoms with Crippen molar-refractivity contribution in [2.45, 2.75) is 0 Å². The van der Waals surface area contributed by atoms with Crippen molar-refractivity contribution in [2.24, 2.45) is 0 Å². The molecule has 0 saturated heterocycles. The van der Waals surface area contributed by atoms with Crippen molar-refractivity contribution in [3.63, 3.8) is 0 Å². The summed E-state index contributed by atoms with van der Waals surface area (Å²) in [5.74, 6) is 0. The number of hydrogen-bond donors (Lipinski definition) is 2. The van der Waals surface area contributed by atoms with Gasteiger partial charge >= 0.3 is 83.7 Å². The maximum absolute atomic E-state index is 11.2. The molecule has 0 fully saturated rings. The van der Waals surface area contributed by atoms with Gasteiger partial charge in [0.25, 0.3) is 0 Å². The first-order valence-corrected chi connectivity index (χ1v) is 7.51. The average molecular weight is 252 g/mol. The fourth-order valence-electron chi connectivity index (χ4n) is 1.46. The van der Waals surface area contributed by atoms with E-state index in [1.807, 2.05) is 18.2 Å². The van der Waals surface area contributed by atoms with Gasteiger partial charge in [0.1, 0.15) is 0 Å². The van der Waals surface area contributed by atoms with Crippen LogP contribution in [0, 0.1) is 0 Å². The van der Waals surface area contributed by atoms with Crippen molar-refractivity contribution in [3.05, 3.63) is 42.5 Å². The summed E-state index contributed by atoms with van der Waals surface area (Å²) < 4.78 is 29.7. The van der Waals surface area contributed by atoms with Crippen molar-refractivity contribution in [1.29, 1.82) is 0 Å². The molecule has 2 rings (SSSR count). The molecule has 0 amide bonds. The fourth-order valence-corrected chi connectivity index (χ4v) is 3.14. The number of rotatable bonds is 1. The van der Waals surface area contributed by atoms with E-state index in [-0.39, 0.29) is 4.35 Å². The van der Waals surface area contributed by atoms with Crippen molar-refractivity contribution in [2.75, 3.05) is 0 Å². The third-order valence-electron chi connectivity index (χ3n) is 2.08. The number of fused-ring (bicyclic) bond motifs is 1. The SMILES string of the molecule is O=[As](O)(O)c1cccc2ccccc12. The molecule has 2 aromatic rings. The van der Waals surface area contributed by atoms with Crippen LogP contribution in [-0.2, 0) is 3.74 Å². The van der Waals surface area contributed by atoms with E-state index in [0.717, 1.165) is 5.39 Å². The standard InChI is InChI=1S/C10H9AsO3/c12-11(13,14)10-7-3-5-8-4-1-2-6-9(8)10/h1-7H,(H2,12,13,14). The van der Waals surface area contributed by atoms with Crippen LogP contribution in [0.15, 0.2) is 42.5 Å². The predicted molar refractivity (Wildman–Crippen MR) is 54.5 cm³/mol. The summed E-state index contributed by atoms with van der Waals surface area (Å²) in [4.78, 5) is 0. The number of benzene rings is 2. The topological polar surface area (TPSA) is 57.5 Å².